The molecule has 0 unspecified atom stereocenters. The van der Waals surface area contributed by atoms with Crippen molar-refractivity contribution >= 4 is 11.6 Å². The molecule has 0 radical (unpaired) electrons. The molecular formula is C16H18ClN. The molecule has 2 aromatic carbocycles. The fourth-order valence-corrected chi connectivity index (χ4v) is 2.38. The van der Waals surface area contributed by atoms with Crippen LogP contribution in [0.3, 0.4) is 0 Å². The Labute approximate surface area is 114 Å². The zero-order valence-electron chi connectivity index (χ0n) is 10.8. The van der Waals surface area contributed by atoms with Crippen LogP contribution in [-0.4, -0.2) is 0 Å². The molecule has 0 heterocycles. The average Bonchev–Trinajstić information content (AvgIpc) is 2.27. The Hall–Kier alpha value is -1.31. The highest BCUT2D eigenvalue weighted by atomic mass is 35.5. The third-order valence-corrected chi connectivity index (χ3v) is 3.06. The molecule has 0 bridgehead atoms. The van der Waals surface area contributed by atoms with Crippen LogP contribution < -0.4 is 5.32 Å². The van der Waals surface area contributed by atoms with Gasteiger partial charge in [0.25, 0.3) is 0 Å². The first-order valence-corrected chi connectivity index (χ1v) is 6.53. The molecule has 18 heavy (non-hydrogen) atoms. The first kappa shape index (κ1) is 13.1. The summed E-state index contributed by atoms with van der Waals surface area (Å²) in [6.07, 6.45) is 0. The van der Waals surface area contributed by atoms with Gasteiger partial charge in [-0.15, -0.1) is 0 Å². The monoisotopic (exact) mass is 259 g/mol. The van der Waals surface area contributed by atoms with Gasteiger partial charge in [0.2, 0.25) is 0 Å². The first-order valence-electron chi connectivity index (χ1n) is 6.16. The van der Waals surface area contributed by atoms with E-state index < -0.39 is 0 Å². The van der Waals surface area contributed by atoms with Crippen LogP contribution in [0.1, 0.15) is 22.3 Å². The van der Waals surface area contributed by atoms with Crippen molar-refractivity contribution in [2.24, 2.45) is 0 Å². The van der Waals surface area contributed by atoms with Gasteiger partial charge >= 0.3 is 0 Å². The van der Waals surface area contributed by atoms with Crippen LogP contribution in [0.15, 0.2) is 42.5 Å². The van der Waals surface area contributed by atoms with E-state index in [-0.39, 0.29) is 0 Å². The van der Waals surface area contributed by atoms with Crippen LogP contribution in [0.5, 0.6) is 0 Å². The SMILES string of the molecule is Cc1cc(C)cc(CNCc2cccc(Cl)c2)c1. The Balaban J connectivity index is 1.92. The summed E-state index contributed by atoms with van der Waals surface area (Å²) in [7, 11) is 0. The summed E-state index contributed by atoms with van der Waals surface area (Å²) < 4.78 is 0. The molecule has 2 heteroatoms. The zero-order valence-corrected chi connectivity index (χ0v) is 11.6. The highest BCUT2D eigenvalue weighted by molar-refractivity contribution is 6.30. The highest BCUT2D eigenvalue weighted by Crippen LogP contribution is 2.11. The van der Waals surface area contributed by atoms with Gasteiger partial charge in [0.15, 0.2) is 0 Å². The third kappa shape index (κ3) is 3.86. The number of hydrogen-bond acceptors (Lipinski definition) is 1. The van der Waals surface area contributed by atoms with Gasteiger partial charge in [-0.2, -0.15) is 0 Å². The number of halogens is 1. The van der Waals surface area contributed by atoms with Crippen molar-refractivity contribution < 1.29 is 0 Å². The van der Waals surface area contributed by atoms with Crippen molar-refractivity contribution in [2.75, 3.05) is 0 Å². The van der Waals surface area contributed by atoms with Gasteiger partial charge in [0.05, 0.1) is 0 Å². The molecule has 94 valence electrons. The minimum Gasteiger partial charge on any atom is -0.309 e. The first-order chi connectivity index (χ1) is 8.63. The molecule has 0 amide bonds. The Kier molecular flexibility index (Phi) is 4.40. The summed E-state index contributed by atoms with van der Waals surface area (Å²) >= 11 is 5.95. The summed E-state index contributed by atoms with van der Waals surface area (Å²) in [4.78, 5) is 0. The standard InChI is InChI=1S/C16H18ClN/c1-12-6-13(2)8-15(7-12)11-18-10-14-4-3-5-16(17)9-14/h3-9,18H,10-11H2,1-2H3. The molecule has 0 aromatic heterocycles. The summed E-state index contributed by atoms with van der Waals surface area (Å²) in [5, 5.41) is 4.23. The quantitative estimate of drug-likeness (QED) is 0.866. The molecule has 0 spiro atoms. The number of aryl methyl sites for hydroxylation is 2. The van der Waals surface area contributed by atoms with Crippen molar-refractivity contribution in [2.45, 2.75) is 26.9 Å². The maximum Gasteiger partial charge on any atom is 0.0409 e. The second-order valence-corrected chi connectivity index (χ2v) is 5.17. The molecule has 1 nitrogen and oxygen atoms in total. The van der Waals surface area contributed by atoms with E-state index in [1.165, 1.54) is 22.3 Å². The van der Waals surface area contributed by atoms with Crippen LogP contribution in [0, 0.1) is 13.8 Å². The lowest BCUT2D eigenvalue weighted by atomic mass is 10.1. The van der Waals surface area contributed by atoms with Gasteiger partial charge in [0, 0.05) is 18.1 Å². The lowest BCUT2D eigenvalue weighted by Crippen LogP contribution is -2.12. The predicted molar refractivity (Wildman–Crippen MR) is 77.9 cm³/mol. The largest absolute Gasteiger partial charge is 0.309 e. The summed E-state index contributed by atoms with van der Waals surface area (Å²) in [5.41, 5.74) is 5.17. The molecule has 0 saturated heterocycles. The summed E-state index contributed by atoms with van der Waals surface area (Å²) in [5.74, 6) is 0. The van der Waals surface area contributed by atoms with Crippen molar-refractivity contribution in [1.29, 1.82) is 0 Å². The predicted octanol–water partition coefficient (Wildman–Crippen LogP) is 4.25. The maximum absolute atomic E-state index is 5.95. The van der Waals surface area contributed by atoms with Crippen molar-refractivity contribution in [1.82, 2.24) is 5.32 Å². The van der Waals surface area contributed by atoms with Gasteiger partial charge in [-0.25, -0.2) is 0 Å². The molecule has 2 aromatic rings. The van der Waals surface area contributed by atoms with Gasteiger partial charge in [-0.3, -0.25) is 0 Å². The highest BCUT2D eigenvalue weighted by Gasteiger charge is 1.97. The fraction of sp³-hybridized carbons (Fsp3) is 0.250. The molecule has 0 aliphatic rings. The smallest absolute Gasteiger partial charge is 0.0409 e. The summed E-state index contributed by atoms with van der Waals surface area (Å²) in [6.45, 7) is 5.99. The van der Waals surface area contributed by atoms with Crippen molar-refractivity contribution in [3.05, 3.63) is 69.7 Å². The van der Waals surface area contributed by atoms with E-state index in [2.05, 4.69) is 43.4 Å². The second-order valence-electron chi connectivity index (χ2n) is 4.73. The van der Waals surface area contributed by atoms with Crippen LogP contribution in [0.25, 0.3) is 0 Å². The average molecular weight is 260 g/mol. The van der Waals surface area contributed by atoms with E-state index in [1.807, 2.05) is 18.2 Å². The zero-order chi connectivity index (χ0) is 13.0. The number of hydrogen-bond donors (Lipinski definition) is 1. The van der Waals surface area contributed by atoms with Crippen LogP contribution in [-0.2, 0) is 13.1 Å². The topological polar surface area (TPSA) is 12.0 Å². The molecule has 1 N–H and O–H groups in total. The fourth-order valence-electron chi connectivity index (χ4n) is 2.17. The molecule has 2 rings (SSSR count). The molecule has 0 saturated carbocycles. The van der Waals surface area contributed by atoms with E-state index in [4.69, 9.17) is 11.6 Å². The second kappa shape index (κ2) is 6.03. The van der Waals surface area contributed by atoms with Crippen LogP contribution in [0.2, 0.25) is 5.02 Å². The van der Waals surface area contributed by atoms with E-state index >= 15 is 0 Å². The lowest BCUT2D eigenvalue weighted by Gasteiger charge is -2.07. The van der Waals surface area contributed by atoms with E-state index in [1.54, 1.807) is 0 Å². The minimum atomic E-state index is 0.792. The third-order valence-electron chi connectivity index (χ3n) is 2.83. The van der Waals surface area contributed by atoms with Gasteiger partial charge < -0.3 is 5.32 Å². The Morgan fingerprint density at radius 1 is 0.889 bits per heavy atom. The van der Waals surface area contributed by atoms with Gasteiger partial charge in [-0.05, 0) is 37.1 Å². The van der Waals surface area contributed by atoms with Crippen molar-refractivity contribution in [3.8, 4) is 0 Å². The maximum atomic E-state index is 5.95. The van der Waals surface area contributed by atoms with E-state index in [0.29, 0.717) is 0 Å². The van der Waals surface area contributed by atoms with E-state index in [9.17, 15) is 0 Å². The molecule has 0 aliphatic heterocycles. The lowest BCUT2D eigenvalue weighted by molar-refractivity contribution is 0.692. The Bertz CT molecular complexity index is 514. The number of rotatable bonds is 4. The minimum absolute atomic E-state index is 0.792. The normalized spacial score (nSPS) is 10.6. The summed E-state index contributed by atoms with van der Waals surface area (Å²) in [6, 6.07) is 14.6. The van der Waals surface area contributed by atoms with Crippen LogP contribution >= 0.6 is 11.6 Å². The molecule has 0 atom stereocenters. The van der Waals surface area contributed by atoms with Crippen molar-refractivity contribution in [3.63, 3.8) is 0 Å². The Morgan fingerprint density at radius 3 is 2.22 bits per heavy atom. The molecule has 0 fully saturated rings. The molecule has 0 aliphatic carbocycles. The van der Waals surface area contributed by atoms with Gasteiger partial charge in [-0.1, -0.05) is 53.1 Å². The number of nitrogens with one attached hydrogen (secondary N) is 1. The van der Waals surface area contributed by atoms with E-state index in [0.717, 1.165) is 18.1 Å². The Morgan fingerprint density at radius 2 is 1.56 bits per heavy atom. The van der Waals surface area contributed by atoms with Crippen LogP contribution in [0.4, 0.5) is 0 Å². The van der Waals surface area contributed by atoms with Gasteiger partial charge in [0.1, 0.15) is 0 Å². The number of benzene rings is 2. The molecular weight excluding hydrogens is 242 g/mol.